The molecule has 0 bridgehead atoms. The van der Waals surface area contributed by atoms with Crippen molar-refractivity contribution in [3.05, 3.63) is 28.9 Å². The zero-order chi connectivity index (χ0) is 11.7. The number of phenols is 1. The van der Waals surface area contributed by atoms with Crippen molar-refractivity contribution in [2.45, 2.75) is 6.54 Å². The summed E-state index contributed by atoms with van der Waals surface area (Å²) in [6.07, 6.45) is 0. The molecule has 0 saturated carbocycles. The predicted octanol–water partition coefficient (Wildman–Crippen LogP) is 1.69. The Balaban J connectivity index is 2.51. The standard InChI is InChI=1S/C9H7ClFN3O2/c10-5-1-4(7(15)2-6(5)11)9-13-8(3-12)16-14-9/h1-2,15H,3,12H2. The number of hydrogen-bond acceptors (Lipinski definition) is 5. The van der Waals surface area contributed by atoms with Crippen LogP contribution >= 0.6 is 11.6 Å². The Labute approximate surface area is 94.6 Å². The fraction of sp³-hybridized carbons (Fsp3) is 0.111. The van der Waals surface area contributed by atoms with Gasteiger partial charge in [0.1, 0.15) is 11.6 Å². The summed E-state index contributed by atoms with van der Waals surface area (Å²) in [5.41, 5.74) is 5.48. The van der Waals surface area contributed by atoms with Crippen LogP contribution in [0.4, 0.5) is 4.39 Å². The first-order valence-electron chi connectivity index (χ1n) is 4.33. The number of aromatic hydroxyl groups is 1. The van der Waals surface area contributed by atoms with Gasteiger partial charge in [-0.3, -0.25) is 0 Å². The smallest absolute Gasteiger partial charge is 0.240 e. The van der Waals surface area contributed by atoms with Crippen LogP contribution in [-0.2, 0) is 6.54 Å². The van der Waals surface area contributed by atoms with Gasteiger partial charge in [0.05, 0.1) is 17.1 Å². The van der Waals surface area contributed by atoms with Crippen LogP contribution in [0.3, 0.4) is 0 Å². The number of benzene rings is 1. The zero-order valence-corrected chi connectivity index (χ0v) is 8.70. The van der Waals surface area contributed by atoms with Gasteiger partial charge in [-0.15, -0.1) is 0 Å². The fourth-order valence-corrected chi connectivity index (χ4v) is 1.33. The first kappa shape index (κ1) is 10.8. The molecule has 0 saturated heterocycles. The van der Waals surface area contributed by atoms with E-state index in [4.69, 9.17) is 21.9 Å². The van der Waals surface area contributed by atoms with Gasteiger partial charge in [-0.2, -0.15) is 4.98 Å². The van der Waals surface area contributed by atoms with E-state index in [1.165, 1.54) is 6.07 Å². The highest BCUT2D eigenvalue weighted by molar-refractivity contribution is 6.31. The van der Waals surface area contributed by atoms with Crippen LogP contribution in [0.2, 0.25) is 5.02 Å². The number of phenolic OH excluding ortho intramolecular Hbond substituents is 1. The SMILES string of the molecule is NCc1nc(-c2cc(Cl)c(F)cc2O)no1. The molecule has 16 heavy (non-hydrogen) atoms. The second kappa shape index (κ2) is 4.07. The molecule has 0 spiro atoms. The maximum atomic E-state index is 13.0. The molecule has 0 atom stereocenters. The van der Waals surface area contributed by atoms with Crippen molar-refractivity contribution in [1.82, 2.24) is 10.1 Å². The minimum Gasteiger partial charge on any atom is -0.507 e. The summed E-state index contributed by atoms with van der Waals surface area (Å²) in [4.78, 5) is 3.89. The molecule has 84 valence electrons. The fourth-order valence-electron chi connectivity index (χ4n) is 1.16. The van der Waals surface area contributed by atoms with E-state index in [0.717, 1.165) is 6.07 Å². The minimum atomic E-state index is -0.717. The Kier molecular flexibility index (Phi) is 2.76. The molecule has 1 aromatic heterocycles. The van der Waals surface area contributed by atoms with Gasteiger partial charge < -0.3 is 15.4 Å². The minimum absolute atomic E-state index is 0.0860. The highest BCUT2D eigenvalue weighted by Gasteiger charge is 2.14. The Bertz CT molecular complexity index is 529. The Morgan fingerprint density at radius 2 is 2.25 bits per heavy atom. The normalized spacial score (nSPS) is 10.7. The average molecular weight is 244 g/mol. The molecule has 1 heterocycles. The maximum absolute atomic E-state index is 13.0. The summed E-state index contributed by atoms with van der Waals surface area (Å²) in [7, 11) is 0. The van der Waals surface area contributed by atoms with Gasteiger partial charge in [-0.05, 0) is 6.07 Å². The van der Waals surface area contributed by atoms with Crippen molar-refractivity contribution in [2.24, 2.45) is 5.73 Å². The van der Waals surface area contributed by atoms with Crippen molar-refractivity contribution in [1.29, 1.82) is 0 Å². The molecular weight excluding hydrogens is 237 g/mol. The number of halogens is 2. The van der Waals surface area contributed by atoms with E-state index in [-0.39, 0.29) is 34.6 Å². The van der Waals surface area contributed by atoms with Crippen molar-refractivity contribution >= 4 is 11.6 Å². The van der Waals surface area contributed by atoms with Crippen LogP contribution in [0, 0.1) is 5.82 Å². The van der Waals surface area contributed by atoms with Gasteiger partial charge >= 0.3 is 0 Å². The summed E-state index contributed by atoms with van der Waals surface area (Å²) >= 11 is 5.58. The molecule has 0 radical (unpaired) electrons. The van der Waals surface area contributed by atoms with Gasteiger partial charge in [0.15, 0.2) is 0 Å². The van der Waals surface area contributed by atoms with Gasteiger partial charge in [0, 0.05) is 6.07 Å². The Morgan fingerprint density at radius 3 is 2.88 bits per heavy atom. The lowest BCUT2D eigenvalue weighted by Crippen LogP contribution is -1.95. The Morgan fingerprint density at radius 1 is 1.50 bits per heavy atom. The largest absolute Gasteiger partial charge is 0.507 e. The molecule has 1 aromatic carbocycles. The number of nitrogens with two attached hydrogens (primary N) is 1. The van der Waals surface area contributed by atoms with E-state index in [1.807, 2.05) is 0 Å². The Hall–Kier alpha value is -1.66. The third kappa shape index (κ3) is 1.84. The van der Waals surface area contributed by atoms with Gasteiger partial charge in [0.2, 0.25) is 11.7 Å². The van der Waals surface area contributed by atoms with Crippen molar-refractivity contribution in [3.8, 4) is 17.1 Å². The van der Waals surface area contributed by atoms with E-state index in [2.05, 4.69) is 10.1 Å². The van der Waals surface area contributed by atoms with E-state index < -0.39 is 5.82 Å². The molecular formula is C9H7ClFN3O2. The molecule has 0 aliphatic rings. The lowest BCUT2D eigenvalue weighted by atomic mass is 10.2. The van der Waals surface area contributed by atoms with Crippen molar-refractivity contribution < 1.29 is 14.0 Å². The topological polar surface area (TPSA) is 85.2 Å². The zero-order valence-electron chi connectivity index (χ0n) is 7.94. The van der Waals surface area contributed by atoms with Crippen LogP contribution in [0.1, 0.15) is 5.89 Å². The van der Waals surface area contributed by atoms with E-state index in [1.54, 1.807) is 0 Å². The number of rotatable bonds is 2. The van der Waals surface area contributed by atoms with Gasteiger partial charge in [-0.1, -0.05) is 16.8 Å². The van der Waals surface area contributed by atoms with Crippen molar-refractivity contribution in [2.75, 3.05) is 0 Å². The van der Waals surface area contributed by atoms with Gasteiger partial charge in [0.25, 0.3) is 0 Å². The second-order valence-electron chi connectivity index (χ2n) is 3.00. The molecule has 5 nitrogen and oxygen atoms in total. The summed E-state index contributed by atoms with van der Waals surface area (Å²) < 4.78 is 17.7. The molecule has 0 aliphatic heterocycles. The lowest BCUT2D eigenvalue weighted by molar-refractivity contribution is 0.380. The summed E-state index contributed by atoms with van der Waals surface area (Å²) in [6.45, 7) is 0.0860. The van der Waals surface area contributed by atoms with Crippen LogP contribution in [-0.4, -0.2) is 15.2 Å². The monoisotopic (exact) mass is 243 g/mol. The molecule has 0 amide bonds. The molecule has 3 N–H and O–H groups in total. The molecule has 0 fully saturated rings. The second-order valence-corrected chi connectivity index (χ2v) is 3.41. The number of nitrogens with zero attached hydrogens (tertiary/aromatic N) is 2. The van der Waals surface area contributed by atoms with Crippen LogP contribution in [0.25, 0.3) is 11.4 Å². The molecule has 2 rings (SSSR count). The first-order valence-corrected chi connectivity index (χ1v) is 4.70. The van der Waals surface area contributed by atoms with E-state index >= 15 is 0 Å². The predicted molar refractivity (Wildman–Crippen MR) is 54.3 cm³/mol. The van der Waals surface area contributed by atoms with Gasteiger partial charge in [-0.25, -0.2) is 4.39 Å². The molecule has 0 unspecified atom stereocenters. The van der Waals surface area contributed by atoms with Crippen LogP contribution < -0.4 is 5.73 Å². The van der Waals surface area contributed by atoms with Crippen LogP contribution in [0.5, 0.6) is 5.75 Å². The highest BCUT2D eigenvalue weighted by atomic mass is 35.5. The molecule has 2 aromatic rings. The number of hydrogen-bond donors (Lipinski definition) is 2. The molecule has 0 aliphatic carbocycles. The summed E-state index contributed by atoms with van der Waals surface area (Å²) in [5, 5.41) is 12.9. The number of aromatic nitrogens is 2. The van der Waals surface area contributed by atoms with Crippen LogP contribution in [0.15, 0.2) is 16.7 Å². The maximum Gasteiger partial charge on any atom is 0.240 e. The lowest BCUT2D eigenvalue weighted by Gasteiger charge is -2.01. The van der Waals surface area contributed by atoms with Crippen molar-refractivity contribution in [3.63, 3.8) is 0 Å². The average Bonchev–Trinajstić information content (AvgIpc) is 2.71. The summed E-state index contributed by atoms with van der Waals surface area (Å²) in [6, 6.07) is 2.10. The third-order valence-electron chi connectivity index (χ3n) is 1.92. The quantitative estimate of drug-likeness (QED) is 0.838. The van der Waals surface area contributed by atoms with E-state index in [0.29, 0.717) is 0 Å². The molecule has 7 heteroatoms. The summed E-state index contributed by atoms with van der Waals surface area (Å²) in [5.74, 6) is -0.702. The third-order valence-corrected chi connectivity index (χ3v) is 2.21. The van der Waals surface area contributed by atoms with E-state index in [9.17, 15) is 9.50 Å². The highest BCUT2D eigenvalue weighted by Crippen LogP contribution is 2.31. The first-order chi connectivity index (χ1) is 7.61.